The Balaban J connectivity index is 1.90. The number of anilines is 1. The van der Waals surface area contributed by atoms with Gasteiger partial charge in [0.2, 0.25) is 5.91 Å². The number of carbonyl (C=O) groups excluding carboxylic acids is 1. The van der Waals surface area contributed by atoms with Gasteiger partial charge in [-0.3, -0.25) is 4.79 Å². The molecule has 0 aliphatic heterocycles. The molecule has 0 spiro atoms. The van der Waals surface area contributed by atoms with Crippen molar-refractivity contribution in [3.05, 3.63) is 30.6 Å². The molecule has 0 unspecified atom stereocenters. The highest BCUT2D eigenvalue weighted by molar-refractivity contribution is 5.90. The molecule has 7 heteroatoms. The molecular weight excluding hydrogens is 256 g/mol. The number of unbranched alkanes of at least 4 members (excludes halogenated alkanes) is 2. The Morgan fingerprint density at radius 3 is 2.95 bits per heavy atom. The number of rotatable bonds is 7. The summed E-state index contributed by atoms with van der Waals surface area (Å²) in [6, 6.07) is 7.38. The average Bonchev–Trinajstić information content (AvgIpc) is 2.98. The molecule has 0 radical (unpaired) electrons. The van der Waals surface area contributed by atoms with E-state index in [0.29, 0.717) is 13.0 Å². The van der Waals surface area contributed by atoms with Crippen molar-refractivity contribution in [2.45, 2.75) is 25.7 Å². The van der Waals surface area contributed by atoms with Gasteiger partial charge in [-0.15, -0.1) is 5.10 Å². The fourth-order valence-electron chi connectivity index (χ4n) is 1.84. The minimum Gasteiger partial charge on any atom is -0.330 e. The average molecular weight is 274 g/mol. The quantitative estimate of drug-likeness (QED) is 0.737. The topological polar surface area (TPSA) is 98.7 Å². The van der Waals surface area contributed by atoms with Crippen LogP contribution in [-0.2, 0) is 4.79 Å². The smallest absolute Gasteiger partial charge is 0.224 e. The Labute approximate surface area is 117 Å². The van der Waals surface area contributed by atoms with E-state index < -0.39 is 0 Å². The Hall–Kier alpha value is -2.28. The molecule has 20 heavy (non-hydrogen) atoms. The third-order valence-corrected chi connectivity index (χ3v) is 2.85. The van der Waals surface area contributed by atoms with Crippen LogP contribution in [0.4, 0.5) is 5.69 Å². The van der Waals surface area contributed by atoms with Gasteiger partial charge in [0.05, 0.1) is 5.69 Å². The lowest BCUT2D eigenvalue weighted by molar-refractivity contribution is -0.116. The summed E-state index contributed by atoms with van der Waals surface area (Å²) in [7, 11) is 0. The van der Waals surface area contributed by atoms with Gasteiger partial charge < -0.3 is 11.1 Å². The first kappa shape index (κ1) is 14.1. The number of nitrogens with two attached hydrogens (primary N) is 1. The molecule has 0 saturated heterocycles. The molecule has 0 atom stereocenters. The zero-order valence-corrected chi connectivity index (χ0v) is 11.2. The minimum atomic E-state index is 0.0101. The second kappa shape index (κ2) is 7.34. The highest BCUT2D eigenvalue weighted by Crippen LogP contribution is 2.14. The van der Waals surface area contributed by atoms with Crippen LogP contribution in [0.15, 0.2) is 30.6 Å². The van der Waals surface area contributed by atoms with Crippen molar-refractivity contribution in [2.24, 2.45) is 5.73 Å². The molecule has 3 N–H and O–H groups in total. The molecule has 1 aromatic heterocycles. The van der Waals surface area contributed by atoms with E-state index in [0.717, 1.165) is 30.6 Å². The summed E-state index contributed by atoms with van der Waals surface area (Å²) in [4.78, 5) is 11.8. The summed E-state index contributed by atoms with van der Waals surface area (Å²) < 4.78 is 1.54. The third kappa shape index (κ3) is 4.13. The Bertz CT molecular complexity index is 540. The van der Waals surface area contributed by atoms with Crippen LogP contribution < -0.4 is 11.1 Å². The van der Waals surface area contributed by atoms with Crippen molar-refractivity contribution >= 4 is 11.6 Å². The molecule has 1 aromatic carbocycles. The van der Waals surface area contributed by atoms with Crippen LogP contribution in [0.3, 0.4) is 0 Å². The van der Waals surface area contributed by atoms with E-state index in [1.807, 2.05) is 24.3 Å². The number of tetrazole rings is 1. The van der Waals surface area contributed by atoms with E-state index in [1.54, 1.807) is 0 Å². The number of nitrogens with zero attached hydrogens (tertiary/aromatic N) is 4. The lowest BCUT2D eigenvalue weighted by atomic mass is 10.2. The van der Waals surface area contributed by atoms with Gasteiger partial charge in [0.25, 0.3) is 0 Å². The van der Waals surface area contributed by atoms with Gasteiger partial charge in [0.1, 0.15) is 6.33 Å². The van der Waals surface area contributed by atoms with Crippen molar-refractivity contribution in [1.82, 2.24) is 20.2 Å². The van der Waals surface area contributed by atoms with Crippen LogP contribution in [0.25, 0.3) is 5.69 Å². The molecular formula is C13H18N6O. The molecule has 0 aliphatic rings. The predicted octanol–water partition coefficient (Wildman–Crippen LogP) is 1.12. The van der Waals surface area contributed by atoms with E-state index in [9.17, 15) is 4.79 Å². The molecule has 0 fully saturated rings. The number of nitrogens with one attached hydrogen (secondary N) is 1. The van der Waals surface area contributed by atoms with Crippen molar-refractivity contribution in [3.8, 4) is 5.69 Å². The van der Waals surface area contributed by atoms with Gasteiger partial charge in [-0.2, -0.15) is 0 Å². The Kier molecular flexibility index (Phi) is 5.19. The summed E-state index contributed by atoms with van der Waals surface area (Å²) in [5.74, 6) is 0.0101. The standard InChI is InChI=1S/C13H18N6O/c14-8-3-1-2-7-13(20)16-11-5-4-6-12(9-11)19-10-15-17-18-19/h4-6,9-10H,1-3,7-8,14H2,(H,16,20). The number of benzene rings is 1. The van der Waals surface area contributed by atoms with Crippen molar-refractivity contribution in [3.63, 3.8) is 0 Å². The summed E-state index contributed by atoms with van der Waals surface area (Å²) >= 11 is 0. The highest BCUT2D eigenvalue weighted by Gasteiger charge is 2.04. The first-order valence-electron chi connectivity index (χ1n) is 6.63. The fraction of sp³-hybridized carbons (Fsp3) is 0.385. The molecule has 0 aliphatic carbocycles. The van der Waals surface area contributed by atoms with Gasteiger partial charge in [-0.1, -0.05) is 12.5 Å². The Morgan fingerprint density at radius 2 is 2.20 bits per heavy atom. The van der Waals surface area contributed by atoms with Crippen LogP contribution in [0.2, 0.25) is 0 Å². The monoisotopic (exact) mass is 274 g/mol. The summed E-state index contributed by atoms with van der Waals surface area (Å²) in [6.07, 6.45) is 4.81. The van der Waals surface area contributed by atoms with Crippen molar-refractivity contribution in [1.29, 1.82) is 0 Å². The van der Waals surface area contributed by atoms with Crippen LogP contribution >= 0.6 is 0 Å². The Morgan fingerprint density at radius 1 is 1.30 bits per heavy atom. The van der Waals surface area contributed by atoms with Gasteiger partial charge in [-0.25, -0.2) is 4.68 Å². The van der Waals surface area contributed by atoms with Gasteiger partial charge in [-0.05, 0) is 48.0 Å². The molecule has 1 amide bonds. The molecule has 2 aromatic rings. The van der Waals surface area contributed by atoms with E-state index in [-0.39, 0.29) is 5.91 Å². The van der Waals surface area contributed by atoms with Gasteiger partial charge >= 0.3 is 0 Å². The largest absolute Gasteiger partial charge is 0.330 e. The van der Waals surface area contributed by atoms with Crippen molar-refractivity contribution in [2.75, 3.05) is 11.9 Å². The SMILES string of the molecule is NCCCCCC(=O)Nc1cccc(-n2cnnn2)c1. The number of hydrogen-bond donors (Lipinski definition) is 2. The van der Waals surface area contributed by atoms with Crippen LogP contribution in [0.1, 0.15) is 25.7 Å². The summed E-state index contributed by atoms with van der Waals surface area (Å²) in [5, 5.41) is 13.8. The molecule has 2 rings (SSSR count). The lowest BCUT2D eigenvalue weighted by Gasteiger charge is -2.07. The normalized spacial score (nSPS) is 10.4. The zero-order valence-electron chi connectivity index (χ0n) is 11.2. The van der Waals surface area contributed by atoms with E-state index in [4.69, 9.17) is 5.73 Å². The summed E-state index contributed by atoms with van der Waals surface area (Å²) in [5.41, 5.74) is 6.95. The first-order valence-corrected chi connectivity index (χ1v) is 6.63. The van der Waals surface area contributed by atoms with Gasteiger partial charge in [0, 0.05) is 12.1 Å². The summed E-state index contributed by atoms with van der Waals surface area (Å²) in [6.45, 7) is 0.676. The van der Waals surface area contributed by atoms with E-state index in [2.05, 4.69) is 20.8 Å². The maximum atomic E-state index is 11.8. The highest BCUT2D eigenvalue weighted by atomic mass is 16.1. The molecule has 106 valence electrons. The molecule has 7 nitrogen and oxygen atoms in total. The molecule has 0 saturated carbocycles. The van der Waals surface area contributed by atoms with Crippen molar-refractivity contribution < 1.29 is 4.79 Å². The second-order valence-corrected chi connectivity index (χ2v) is 4.45. The van der Waals surface area contributed by atoms with Crippen LogP contribution in [0.5, 0.6) is 0 Å². The predicted molar refractivity (Wildman–Crippen MR) is 75.3 cm³/mol. The minimum absolute atomic E-state index is 0.0101. The van der Waals surface area contributed by atoms with Crippen LogP contribution in [0, 0.1) is 0 Å². The number of carbonyl (C=O) groups is 1. The zero-order chi connectivity index (χ0) is 14.2. The number of hydrogen-bond acceptors (Lipinski definition) is 5. The second-order valence-electron chi connectivity index (χ2n) is 4.45. The van der Waals surface area contributed by atoms with Crippen LogP contribution in [-0.4, -0.2) is 32.7 Å². The van der Waals surface area contributed by atoms with E-state index >= 15 is 0 Å². The number of amides is 1. The van der Waals surface area contributed by atoms with E-state index in [1.165, 1.54) is 11.0 Å². The maximum absolute atomic E-state index is 11.8. The maximum Gasteiger partial charge on any atom is 0.224 e. The molecule has 1 heterocycles. The third-order valence-electron chi connectivity index (χ3n) is 2.85. The first-order chi connectivity index (χ1) is 9.79. The fourth-order valence-corrected chi connectivity index (χ4v) is 1.84. The lowest BCUT2D eigenvalue weighted by Crippen LogP contribution is -2.11. The number of aromatic nitrogens is 4. The van der Waals surface area contributed by atoms with Gasteiger partial charge in [0.15, 0.2) is 0 Å². The molecule has 0 bridgehead atoms.